The number of Topliss-reactive ketones (excluding diaryl/α,β-unsaturated/α-hetero) is 1. The molecule has 7 heteroatoms. The Morgan fingerprint density at radius 3 is 2.35 bits per heavy atom. The number of para-hydroxylation sites is 1. The molecule has 7 nitrogen and oxygen atoms in total. The van der Waals surface area contributed by atoms with Gasteiger partial charge in [0, 0.05) is 36.7 Å². The molecular weight excluding hydrogens is 430 g/mol. The minimum absolute atomic E-state index is 0.0468. The summed E-state index contributed by atoms with van der Waals surface area (Å²) in [6, 6.07) is 15.0. The van der Waals surface area contributed by atoms with Gasteiger partial charge in [-0.1, -0.05) is 43.2 Å². The zero-order valence-corrected chi connectivity index (χ0v) is 19.6. The third-order valence-electron chi connectivity index (χ3n) is 6.36. The molecular formula is C27H31N3O4. The number of hydrogen-bond donors (Lipinski definition) is 1. The number of hydrogen-bond acceptors (Lipinski definition) is 4. The summed E-state index contributed by atoms with van der Waals surface area (Å²) in [6.45, 7) is 2.07. The monoisotopic (exact) mass is 461 g/mol. The third-order valence-corrected chi connectivity index (χ3v) is 6.36. The molecule has 0 bridgehead atoms. The number of aromatic nitrogens is 1. The number of amides is 2. The molecule has 1 fully saturated rings. The molecule has 0 unspecified atom stereocenters. The zero-order valence-electron chi connectivity index (χ0n) is 19.6. The fourth-order valence-electron chi connectivity index (χ4n) is 4.44. The van der Waals surface area contributed by atoms with Gasteiger partial charge in [-0.15, -0.1) is 0 Å². The molecule has 1 N–H and O–H groups in total. The van der Waals surface area contributed by atoms with E-state index in [-0.39, 0.29) is 12.5 Å². The molecule has 178 valence electrons. The van der Waals surface area contributed by atoms with E-state index in [1.165, 1.54) is 0 Å². The van der Waals surface area contributed by atoms with Gasteiger partial charge in [0.25, 0.3) is 11.7 Å². The van der Waals surface area contributed by atoms with E-state index in [2.05, 4.69) is 5.32 Å². The predicted molar refractivity (Wildman–Crippen MR) is 131 cm³/mol. The SMILES string of the molecule is COc1ccc(CCNC(=O)C(=O)c2cn(CC(=O)N3CCCCCC3)c3ccccc23)cc1. The van der Waals surface area contributed by atoms with E-state index >= 15 is 0 Å². The van der Waals surface area contributed by atoms with Gasteiger partial charge in [-0.2, -0.15) is 0 Å². The predicted octanol–water partition coefficient (Wildman–Crippen LogP) is 3.59. The average molecular weight is 462 g/mol. The fraction of sp³-hybridized carbons (Fsp3) is 0.370. The van der Waals surface area contributed by atoms with Crippen molar-refractivity contribution < 1.29 is 19.1 Å². The van der Waals surface area contributed by atoms with Crippen molar-refractivity contribution in [1.29, 1.82) is 0 Å². The fourth-order valence-corrected chi connectivity index (χ4v) is 4.44. The number of likely N-dealkylation sites (tertiary alicyclic amines) is 1. The lowest BCUT2D eigenvalue weighted by atomic mass is 10.1. The minimum atomic E-state index is -0.643. The molecule has 2 amide bonds. The van der Waals surface area contributed by atoms with Crippen molar-refractivity contribution in [3.8, 4) is 5.75 Å². The smallest absolute Gasteiger partial charge is 0.292 e. The molecule has 3 aromatic rings. The molecule has 34 heavy (non-hydrogen) atoms. The molecule has 0 saturated carbocycles. The number of fused-ring (bicyclic) bond motifs is 1. The Labute approximate surface area is 199 Å². The number of carbonyl (C=O) groups excluding carboxylic acids is 3. The van der Waals surface area contributed by atoms with Crippen LogP contribution in [0.5, 0.6) is 5.75 Å². The standard InChI is InChI=1S/C27H31N3O4/c1-34-21-12-10-20(11-13-21)14-15-28-27(33)26(32)23-18-30(24-9-5-4-8-22(23)24)19-25(31)29-16-6-2-3-7-17-29/h4-5,8-13,18H,2-3,6-7,14-17,19H2,1H3,(H,28,33). The summed E-state index contributed by atoms with van der Waals surface area (Å²) in [4.78, 5) is 40.5. The number of rotatable bonds is 8. The van der Waals surface area contributed by atoms with E-state index in [1.807, 2.05) is 53.4 Å². The van der Waals surface area contributed by atoms with E-state index in [0.29, 0.717) is 23.9 Å². The topological polar surface area (TPSA) is 80.6 Å². The van der Waals surface area contributed by atoms with Gasteiger partial charge in [0.1, 0.15) is 12.3 Å². The first-order valence-electron chi connectivity index (χ1n) is 11.9. The van der Waals surface area contributed by atoms with Crippen LogP contribution in [0.15, 0.2) is 54.7 Å². The van der Waals surface area contributed by atoms with E-state index in [1.54, 1.807) is 17.9 Å². The lowest BCUT2D eigenvalue weighted by molar-refractivity contribution is -0.131. The van der Waals surface area contributed by atoms with Crippen LogP contribution in [0.2, 0.25) is 0 Å². The van der Waals surface area contributed by atoms with E-state index in [4.69, 9.17) is 4.74 Å². The van der Waals surface area contributed by atoms with Gasteiger partial charge in [0.15, 0.2) is 0 Å². The molecule has 2 aromatic carbocycles. The maximum Gasteiger partial charge on any atom is 0.292 e. The summed E-state index contributed by atoms with van der Waals surface area (Å²) in [7, 11) is 1.61. The van der Waals surface area contributed by atoms with Crippen LogP contribution in [0.3, 0.4) is 0 Å². The Hall–Kier alpha value is -3.61. The van der Waals surface area contributed by atoms with Gasteiger partial charge < -0.3 is 19.5 Å². The number of methoxy groups -OCH3 is 1. The Kier molecular flexibility index (Phi) is 7.62. The second-order valence-electron chi connectivity index (χ2n) is 8.67. The van der Waals surface area contributed by atoms with Crippen LogP contribution in [-0.4, -0.2) is 53.8 Å². The van der Waals surface area contributed by atoms with Crippen molar-refractivity contribution in [2.75, 3.05) is 26.7 Å². The summed E-state index contributed by atoms with van der Waals surface area (Å²) < 4.78 is 6.95. The second-order valence-corrected chi connectivity index (χ2v) is 8.67. The molecule has 1 aliphatic rings. The van der Waals surface area contributed by atoms with Crippen LogP contribution in [0.1, 0.15) is 41.6 Å². The van der Waals surface area contributed by atoms with Crippen molar-refractivity contribution in [2.45, 2.75) is 38.6 Å². The van der Waals surface area contributed by atoms with Crippen molar-refractivity contribution in [1.82, 2.24) is 14.8 Å². The molecule has 1 aliphatic heterocycles. The van der Waals surface area contributed by atoms with Gasteiger partial charge in [0.05, 0.1) is 12.7 Å². The first kappa shape index (κ1) is 23.5. The maximum atomic E-state index is 13.0. The first-order chi connectivity index (χ1) is 16.6. The molecule has 1 aromatic heterocycles. The minimum Gasteiger partial charge on any atom is -0.497 e. The van der Waals surface area contributed by atoms with Crippen molar-refractivity contribution >= 4 is 28.5 Å². The second kappa shape index (κ2) is 11.0. The number of nitrogens with zero attached hydrogens (tertiary/aromatic N) is 2. The molecule has 2 heterocycles. The summed E-state index contributed by atoms with van der Waals surface area (Å²) in [5.41, 5.74) is 2.14. The number of ketones is 1. The normalized spacial score (nSPS) is 14.0. The third kappa shape index (κ3) is 5.47. The van der Waals surface area contributed by atoms with Crippen molar-refractivity contribution in [3.05, 3.63) is 65.9 Å². The Morgan fingerprint density at radius 2 is 1.65 bits per heavy atom. The number of carbonyl (C=O) groups is 3. The lowest BCUT2D eigenvalue weighted by Gasteiger charge is -2.20. The summed E-state index contributed by atoms with van der Waals surface area (Å²) in [5.74, 6) is -0.415. The summed E-state index contributed by atoms with van der Waals surface area (Å²) in [5, 5.41) is 3.41. The quantitative estimate of drug-likeness (QED) is 0.411. The molecule has 1 saturated heterocycles. The highest BCUT2D eigenvalue weighted by atomic mass is 16.5. The van der Waals surface area contributed by atoms with Crippen molar-refractivity contribution in [3.63, 3.8) is 0 Å². The van der Waals surface area contributed by atoms with E-state index in [9.17, 15) is 14.4 Å². The molecule has 0 aliphatic carbocycles. The Balaban J connectivity index is 1.43. The van der Waals surface area contributed by atoms with Crippen LogP contribution in [-0.2, 0) is 22.6 Å². The van der Waals surface area contributed by atoms with Crippen molar-refractivity contribution in [2.24, 2.45) is 0 Å². The molecule has 0 spiro atoms. The summed E-state index contributed by atoms with van der Waals surface area (Å²) in [6.07, 6.45) is 6.61. The number of nitrogens with one attached hydrogen (secondary N) is 1. The Morgan fingerprint density at radius 1 is 0.941 bits per heavy atom. The van der Waals surface area contributed by atoms with Crippen LogP contribution in [0.25, 0.3) is 10.9 Å². The van der Waals surface area contributed by atoms with E-state index in [0.717, 1.165) is 55.6 Å². The molecule has 4 rings (SSSR count). The highest BCUT2D eigenvalue weighted by Crippen LogP contribution is 2.23. The highest BCUT2D eigenvalue weighted by molar-refractivity contribution is 6.45. The summed E-state index contributed by atoms with van der Waals surface area (Å²) >= 11 is 0. The first-order valence-corrected chi connectivity index (χ1v) is 11.9. The van der Waals surface area contributed by atoms with Gasteiger partial charge in [-0.05, 0) is 43.0 Å². The maximum absolute atomic E-state index is 13.0. The average Bonchev–Trinajstić information content (AvgIpc) is 3.02. The molecule has 0 atom stereocenters. The van der Waals surface area contributed by atoms with Gasteiger partial charge in [0.2, 0.25) is 5.91 Å². The zero-order chi connectivity index (χ0) is 23.9. The Bertz CT molecular complexity index is 1160. The lowest BCUT2D eigenvalue weighted by Crippen LogP contribution is -2.34. The largest absolute Gasteiger partial charge is 0.497 e. The van der Waals surface area contributed by atoms with Crippen LogP contribution < -0.4 is 10.1 Å². The molecule has 0 radical (unpaired) electrons. The van der Waals surface area contributed by atoms with Gasteiger partial charge in [-0.3, -0.25) is 14.4 Å². The van der Waals surface area contributed by atoms with Gasteiger partial charge in [-0.25, -0.2) is 0 Å². The van der Waals surface area contributed by atoms with Crippen LogP contribution >= 0.6 is 0 Å². The van der Waals surface area contributed by atoms with Crippen LogP contribution in [0.4, 0.5) is 0 Å². The van der Waals surface area contributed by atoms with Gasteiger partial charge >= 0.3 is 0 Å². The highest BCUT2D eigenvalue weighted by Gasteiger charge is 2.23. The van der Waals surface area contributed by atoms with Crippen LogP contribution in [0, 0.1) is 0 Å². The number of benzene rings is 2. The van der Waals surface area contributed by atoms with E-state index < -0.39 is 11.7 Å². The number of ether oxygens (including phenoxy) is 1.